The van der Waals surface area contributed by atoms with Gasteiger partial charge in [-0.3, -0.25) is 0 Å². The Kier molecular flexibility index (Phi) is 0.657. The number of allylic oxidation sites excluding steroid dienone is 1. The van der Waals surface area contributed by atoms with Gasteiger partial charge in [0.25, 0.3) is 0 Å². The minimum absolute atomic E-state index is 0.786. The van der Waals surface area contributed by atoms with Gasteiger partial charge in [-0.15, -0.1) is 0 Å². The van der Waals surface area contributed by atoms with Gasteiger partial charge < -0.3 is 0 Å². The Balaban J connectivity index is 1.93. The maximum Gasteiger partial charge on any atom is -0.0166 e. The van der Waals surface area contributed by atoms with Gasteiger partial charge in [-0.2, -0.15) is 0 Å². The Hall–Kier alpha value is -0.260. The van der Waals surface area contributed by atoms with Crippen LogP contribution in [-0.2, 0) is 0 Å². The van der Waals surface area contributed by atoms with E-state index in [1.807, 2.05) is 0 Å². The summed E-state index contributed by atoms with van der Waals surface area (Å²) in [5.74, 6) is 3.16. The van der Waals surface area contributed by atoms with Crippen molar-refractivity contribution >= 4 is 0 Å². The van der Waals surface area contributed by atoms with Gasteiger partial charge in [0.05, 0.1) is 0 Å². The van der Waals surface area contributed by atoms with Gasteiger partial charge in [0.2, 0.25) is 0 Å². The van der Waals surface area contributed by atoms with E-state index in [4.69, 9.17) is 0 Å². The van der Waals surface area contributed by atoms with Crippen LogP contribution in [0.15, 0.2) is 12.2 Å². The second-order valence-electron chi connectivity index (χ2n) is 4.80. The van der Waals surface area contributed by atoms with Crippen LogP contribution in [0.5, 0.6) is 0 Å². The fourth-order valence-electron chi connectivity index (χ4n) is 3.31. The highest BCUT2D eigenvalue weighted by molar-refractivity contribution is 5.27. The molecule has 0 nitrogen and oxygen atoms in total. The highest BCUT2D eigenvalue weighted by Crippen LogP contribution is 2.73. The largest absolute Gasteiger partial charge is 0.0996 e. The first kappa shape index (κ1) is 5.40. The lowest BCUT2D eigenvalue weighted by molar-refractivity contribution is 0.278. The van der Waals surface area contributed by atoms with Crippen molar-refractivity contribution in [2.75, 3.05) is 0 Å². The summed E-state index contributed by atoms with van der Waals surface area (Å²) in [6.45, 7) is 6.55. The van der Waals surface area contributed by atoms with Gasteiger partial charge >= 0.3 is 0 Å². The summed E-state index contributed by atoms with van der Waals surface area (Å²) in [6.07, 6.45) is 4.37. The van der Waals surface area contributed by atoms with E-state index in [0.717, 1.165) is 23.2 Å². The zero-order chi connectivity index (χ0) is 6.93. The summed E-state index contributed by atoms with van der Waals surface area (Å²) in [7, 11) is 0. The third kappa shape index (κ3) is 0.398. The molecule has 0 aromatic carbocycles. The molecule has 3 rings (SSSR count). The minimum Gasteiger partial charge on any atom is -0.0996 e. The highest BCUT2D eigenvalue weighted by atomic mass is 14.7. The molecule has 0 saturated heterocycles. The van der Waals surface area contributed by atoms with Gasteiger partial charge in [0.1, 0.15) is 0 Å². The Morgan fingerprint density at radius 3 is 2.80 bits per heavy atom. The maximum absolute atomic E-state index is 4.09. The lowest BCUT2D eigenvalue weighted by atomic mass is 9.69. The van der Waals surface area contributed by atoms with Crippen molar-refractivity contribution < 1.29 is 0 Å². The van der Waals surface area contributed by atoms with Crippen LogP contribution < -0.4 is 0 Å². The SMILES string of the molecule is C=C1CC2C1CC1(C)CC21. The van der Waals surface area contributed by atoms with Crippen LogP contribution in [0.2, 0.25) is 0 Å². The van der Waals surface area contributed by atoms with Crippen LogP contribution in [0, 0.1) is 23.2 Å². The maximum atomic E-state index is 4.09. The van der Waals surface area contributed by atoms with E-state index in [2.05, 4.69) is 13.5 Å². The van der Waals surface area contributed by atoms with Crippen molar-refractivity contribution in [2.24, 2.45) is 23.2 Å². The summed E-state index contributed by atoms with van der Waals surface area (Å²) >= 11 is 0. The molecule has 0 bridgehead atoms. The second-order valence-corrected chi connectivity index (χ2v) is 4.80. The molecule has 3 aliphatic rings. The van der Waals surface area contributed by atoms with Crippen LogP contribution in [0.1, 0.15) is 26.2 Å². The lowest BCUT2D eigenvalue weighted by Crippen LogP contribution is -2.25. The molecule has 0 amide bonds. The molecule has 4 unspecified atom stereocenters. The Labute approximate surface area is 62.3 Å². The number of hydrogen-bond donors (Lipinski definition) is 0. The van der Waals surface area contributed by atoms with E-state index in [0.29, 0.717) is 0 Å². The van der Waals surface area contributed by atoms with Crippen LogP contribution in [0.3, 0.4) is 0 Å². The molecular formula is C10H14. The molecule has 0 heteroatoms. The summed E-state index contributed by atoms with van der Waals surface area (Å²) in [4.78, 5) is 0. The van der Waals surface area contributed by atoms with E-state index in [1.54, 1.807) is 5.57 Å². The van der Waals surface area contributed by atoms with E-state index in [9.17, 15) is 0 Å². The van der Waals surface area contributed by atoms with Gasteiger partial charge in [-0.25, -0.2) is 0 Å². The van der Waals surface area contributed by atoms with Crippen molar-refractivity contribution in [3.8, 4) is 0 Å². The van der Waals surface area contributed by atoms with E-state index in [1.165, 1.54) is 19.3 Å². The molecule has 3 aliphatic carbocycles. The van der Waals surface area contributed by atoms with Crippen LogP contribution >= 0.6 is 0 Å². The third-order valence-corrected chi connectivity index (χ3v) is 4.16. The molecule has 0 N–H and O–H groups in total. The average molecular weight is 134 g/mol. The first-order valence-corrected chi connectivity index (χ1v) is 4.38. The topological polar surface area (TPSA) is 0 Å². The van der Waals surface area contributed by atoms with E-state index in [-0.39, 0.29) is 0 Å². The molecule has 3 saturated carbocycles. The molecule has 54 valence electrons. The average Bonchev–Trinajstić information content (AvgIpc) is 2.48. The van der Waals surface area contributed by atoms with Crippen molar-refractivity contribution in [1.82, 2.24) is 0 Å². The van der Waals surface area contributed by atoms with Crippen LogP contribution in [0.25, 0.3) is 0 Å². The Morgan fingerprint density at radius 2 is 2.30 bits per heavy atom. The zero-order valence-corrected chi connectivity index (χ0v) is 6.56. The quantitative estimate of drug-likeness (QED) is 0.447. The van der Waals surface area contributed by atoms with Gasteiger partial charge in [0.15, 0.2) is 0 Å². The molecule has 0 aromatic rings. The van der Waals surface area contributed by atoms with Gasteiger partial charge in [0, 0.05) is 0 Å². The first-order valence-electron chi connectivity index (χ1n) is 4.38. The molecule has 0 spiro atoms. The number of fused-ring (bicyclic) bond motifs is 3. The Bertz CT molecular complexity index is 216. The van der Waals surface area contributed by atoms with Crippen molar-refractivity contribution in [3.63, 3.8) is 0 Å². The lowest BCUT2D eigenvalue weighted by Gasteiger charge is -2.35. The predicted molar refractivity (Wildman–Crippen MR) is 41.6 cm³/mol. The third-order valence-electron chi connectivity index (χ3n) is 4.16. The zero-order valence-electron chi connectivity index (χ0n) is 6.56. The van der Waals surface area contributed by atoms with E-state index >= 15 is 0 Å². The first-order chi connectivity index (χ1) is 4.71. The fourth-order valence-corrected chi connectivity index (χ4v) is 3.31. The smallest absolute Gasteiger partial charge is 0.0166 e. The van der Waals surface area contributed by atoms with Gasteiger partial charge in [-0.1, -0.05) is 19.1 Å². The summed E-state index contributed by atoms with van der Waals surface area (Å²) in [5.41, 5.74) is 2.34. The van der Waals surface area contributed by atoms with Crippen LogP contribution in [0.4, 0.5) is 0 Å². The standard InChI is InChI=1S/C10H14/c1-6-3-7-8(6)4-10(2)5-9(7)10/h7-9H,1,3-5H2,2H3. The van der Waals surface area contributed by atoms with Gasteiger partial charge in [-0.05, 0) is 42.4 Å². The predicted octanol–water partition coefficient (Wildman–Crippen LogP) is 2.61. The van der Waals surface area contributed by atoms with E-state index < -0.39 is 0 Å². The number of rotatable bonds is 0. The minimum atomic E-state index is 0.786. The number of hydrogen-bond acceptors (Lipinski definition) is 0. The summed E-state index contributed by atoms with van der Waals surface area (Å²) in [6, 6.07) is 0. The molecule has 0 aliphatic heterocycles. The normalized spacial score (nSPS) is 62.9. The molecule has 0 aromatic heterocycles. The highest BCUT2D eigenvalue weighted by Gasteiger charge is 2.65. The molecule has 10 heavy (non-hydrogen) atoms. The molecule has 0 heterocycles. The van der Waals surface area contributed by atoms with Crippen molar-refractivity contribution in [2.45, 2.75) is 26.2 Å². The summed E-state index contributed by atoms with van der Waals surface area (Å²) < 4.78 is 0. The summed E-state index contributed by atoms with van der Waals surface area (Å²) in [5, 5.41) is 0. The van der Waals surface area contributed by atoms with Crippen LogP contribution in [-0.4, -0.2) is 0 Å². The molecule has 3 fully saturated rings. The monoisotopic (exact) mass is 134 g/mol. The van der Waals surface area contributed by atoms with Crippen molar-refractivity contribution in [1.29, 1.82) is 0 Å². The fraction of sp³-hybridized carbons (Fsp3) is 0.800. The Morgan fingerprint density at radius 1 is 1.50 bits per heavy atom. The second kappa shape index (κ2) is 1.22. The molecular weight excluding hydrogens is 120 g/mol. The van der Waals surface area contributed by atoms with Crippen molar-refractivity contribution in [3.05, 3.63) is 12.2 Å². The molecule has 4 atom stereocenters. The molecule has 0 radical (unpaired) electrons.